The molecule has 1 fully saturated rings. The molecule has 3 atom stereocenters. The molecule has 2 aromatic rings. The molecular weight excluding hydrogens is 370 g/mol. The van der Waals surface area contributed by atoms with E-state index < -0.39 is 12.1 Å². The van der Waals surface area contributed by atoms with Gasteiger partial charge in [-0.3, -0.25) is 14.4 Å². The maximum Gasteiger partial charge on any atom is 0.253 e. The number of fused-ring (bicyclic) bond motifs is 1. The molecule has 1 aromatic carbocycles. The van der Waals surface area contributed by atoms with E-state index in [9.17, 15) is 19.5 Å². The average Bonchev–Trinajstić information content (AvgIpc) is 3.09. The van der Waals surface area contributed by atoms with Crippen molar-refractivity contribution >= 4 is 11.8 Å². The van der Waals surface area contributed by atoms with Gasteiger partial charge in [-0.05, 0) is 36.5 Å². The molecule has 2 aliphatic rings. The number of hydrogen-bond acceptors (Lipinski definition) is 4. The fraction of sp³-hybridized carbons (Fsp3) is 0.409. The molecule has 7 heteroatoms. The molecule has 1 aliphatic heterocycles. The second kappa shape index (κ2) is 7.83. The van der Waals surface area contributed by atoms with Crippen LogP contribution in [-0.2, 0) is 24.8 Å². The van der Waals surface area contributed by atoms with Gasteiger partial charge in [-0.2, -0.15) is 0 Å². The van der Waals surface area contributed by atoms with Crippen LogP contribution in [0.1, 0.15) is 34.3 Å². The molecule has 1 aliphatic carbocycles. The van der Waals surface area contributed by atoms with E-state index in [1.54, 1.807) is 7.05 Å². The quantitative estimate of drug-likeness (QED) is 0.806. The first-order valence-electron chi connectivity index (χ1n) is 9.93. The van der Waals surface area contributed by atoms with Crippen molar-refractivity contribution in [2.24, 2.45) is 13.0 Å². The van der Waals surface area contributed by atoms with Crippen molar-refractivity contribution in [3.63, 3.8) is 0 Å². The van der Waals surface area contributed by atoms with Crippen molar-refractivity contribution in [3.8, 4) is 0 Å². The summed E-state index contributed by atoms with van der Waals surface area (Å²) >= 11 is 0. The van der Waals surface area contributed by atoms with Gasteiger partial charge in [0.1, 0.15) is 0 Å². The van der Waals surface area contributed by atoms with Crippen molar-refractivity contribution in [1.29, 1.82) is 0 Å². The maximum absolute atomic E-state index is 13.0. The van der Waals surface area contributed by atoms with Gasteiger partial charge < -0.3 is 19.9 Å². The van der Waals surface area contributed by atoms with Gasteiger partial charge in [-0.15, -0.1) is 0 Å². The first-order chi connectivity index (χ1) is 13.9. The molecule has 29 heavy (non-hydrogen) atoms. The molecule has 0 radical (unpaired) electrons. The number of carbonyl (C=O) groups is 2. The number of aliphatic hydroxyl groups excluding tert-OH is 1. The second-order valence-electron chi connectivity index (χ2n) is 7.96. The number of aryl methyl sites for hydroxylation is 1. The minimum Gasteiger partial charge on any atom is -0.391 e. The number of hydrogen-bond donors (Lipinski definition) is 2. The van der Waals surface area contributed by atoms with Crippen LogP contribution in [0.5, 0.6) is 0 Å². The van der Waals surface area contributed by atoms with Gasteiger partial charge in [0.2, 0.25) is 11.5 Å². The van der Waals surface area contributed by atoms with E-state index in [1.807, 2.05) is 17.0 Å². The Labute approximate surface area is 169 Å². The molecule has 2 amide bonds. The lowest BCUT2D eigenvalue weighted by atomic mass is 9.98. The fourth-order valence-electron chi connectivity index (χ4n) is 4.29. The van der Waals surface area contributed by atoms with Crippen LogP contribution < -0.4 is 10.9 Å². The number of amides is 2. The van der Waals surface area contributed by atoms with Crippen molar-refractivity contribution in [1.82, 2.24) is 14.8 Å². The smallest absolute Gasteiger partial charge is 0.253 e. The van der Waals surface area contributed by atoms with Gasteiger partial charge in [0, 0.05) is 38.3 Å². The first-order valence-corrected chi connectivity index (χ1v) is 9.93. The summed E-state index contributed by atoms with van der Waals surface area (Å²) < 4.78 is 1.33. The van der Waals surface area contributed by atoms with Gasteiger partial charge in [-0.1, -0.05) is 24.3 Å². The molecule has 152 valence electrons. The number of aromatic nitrogens is 1. The lowest BCUT2D eigenvalue weighted by molar-refractivity contribution is -0.136. The molecule has 4 rings (SSSR count). The monoisotopic (exact) mass is 395 g/mol. The Morgan fingerprint density at radius 3 is 2.62 bits per heavy atom. The lowest BCUT2D eigenvalue weighted by Gasteiger charge is -2.31. The molecular formula is C22H25N3O4. The normalized spacial score (nSPS) is 23.5. The van der Waals surface area contributed by atoms with Crippen LogP contribution in [0.2, 0.25) is 0 Å². The Balaban J connectivity index is 1.39. The van der Waals surface area contributed by atoms with Crippen molar-refractivity contribution in [2.45, 2.75) is 38.0 Å². The van der Waals surface area contributed by atoms with E-state index in [0.29, 0.717) is 31.5 Å². The summed E-state index contributed by atoms with van der Waals surface area (Å²) in [5, 5.41) is 13.2. The van der Waals surface area contributed by atoms with E-state index in [2.05, 4.69) is 17.4 Å². The highest BCUT2D eigenvalue weighted by molar-refractivity contribution is 5.94. The minimum absolute atomic E-state index is 0.0393. The Bertz CT molecular complexity index is 1000. The van der Waals surface area contributed by atoms with Gasteiger partial charge >= 0.3 is 0 Å². The minimum atomic E-state index is -0.766. The zero-order valence-corrected chi connectivity index (χ0v) is 16.4. The summed E-state index contributed by atoms with van der Waals surface area (Å²) in [6.07, 6.45) is 2.29. The van der Waals surface area contributed by atoms with E-state index in [-0.39, 0.29) is 23.3 Å². The number of nitrogens with one attached hydrogen (secondary N) is 1. The van der Waals surface area contributed by atoms with Gasteiger partial charge in [0.25, 0.3) is 5.91 Å². The molecule has 1 saturated carbocycles. The second-order valence-corrected chi connectivity index (χ2v) is 7.96. The van der Waals surface area contributed by atoms with E-state index in [0.717, 1.165) is 6.42 Å². The van der Waals surface area contributed by atoms with Crippen LogP contribution in [0, 0.1) is 5.92 Å². The fourth-order valence-corrected chi connectivity index (χ4v) is 4.29. The number of nitrogens with zero attached hydrogens (tertiary/aromatic N) is 2. The van der Waals surface area contributed by atoms with Crippen molar-refractivity contribution in [2.75, 3.05) is 6.54 Å². The Morgan fingerprint density at radius 1 is 1.10 bits per heavy atom. The van der Waals surface area contributed by atoms with Crippen LogP contribution in [0.15, 0.2) is 47.4 Å². The molecule has 2 heterocycles. The van der Waals surface area contributed by atoms with E-state index in [1.165, 1.54) is 34.0 Å². The number of aliphatic hydroxyl groups is 1. The Kier molecular flexibility index (Phi) is 5.24. The molecule has 0 saturated heterocycles. The summed E-state index contributed by atoms with van der Waals surface area (Å²) in [5.74, 6) is -0.622. The molecule has 0 unspecified atom stereocenters. The predicted molar refractivity (Wildman–Crippen MR) is 107 cm³/mol. The van der Waals surface area contributed by atoms with Crippen LogP contribution in [0.25, 0.3) is 0 Å². The zero-order chi connectivity index (χ0) is 20.5. The average molecular weight is 395 g/mol. The SMILES string of the molecule is Cn1cc(C(=O)N[C@@H]2C[C@H](C(=O)N3CCc4ccccc4C3)C[C@H]2O)ccc1=O. The van der Waals surface area contributed by atoms with E-state index in [4.69, 9.17) is 0 Å². The largest absolute Gasteiger partial charge is 0.391 e. The molecule has 1 aromatic heterocycles. The number of rotatable bonds is 3. The third kappa shape index (κ3) is 3.96. The summed E-state index contributed by atoms with van der Waals surface area (Å²) in [6, 6.07) is 10.5. The van der Waals surface area contributed by atoms with Gasteiger partial charge in [0.15, 0.2) is 0 Å². The molecule has 7 nitrogen and oxygen atoms in total. The van der Waals surface area contributed by atoms with Crippen molar-refractivity contribution < 1.29 is 14.7 Å². The maximum atomic E-state index is 13.0. The molecule has 2 N–H and O–H groups in total. The van der Waals surface area contributed by atoms with Crippen LogP contribution >= 0.6 is 0 Å². The highest BCUT2D eigenvalue weighted by Crippen LogP contribution is 2.30. The van der Waals surface area contributed by atoms with Gasteiger partial charge in [0.05, 0.1) is 17.7 Å². The highest BCUT2D eigenvalue weighted by Gasteiger charge is 2.40. The van der Waals surface area contributed by atoms with Gasteiger partial charge in [-0.25, -0.2) is 0 Å². The summed E-state index contributed by atoms with van der Waals surface area (Å²) in [5.41, 5.74) is 2.61. The number of carbonyl (C=O) groups excluding carboxylic acids is 2. The van der Waals surface area contributed by atoms with E-state index >= 15 is 0 Å². The first kappa shape index (κ1) is 19.4. The van der Waals surface area contributed by atoms with Crippen LogP contribution in [0.4, 0.5) is 0 Å². The van der Waals surface area contributed by atoms with Crippen molar-refractivity contribution in [3.05, 3.63) is 69.6 Å². The topological polar surface area (TPSA) is 91.6 Å². The standard InChI is InChI=1S/C22H25N3O4/c1-24-12-16(6-7-20(24)27)21(28)23-18-10-17(11-19(18)26)22(29)25-9-8-14-4-2-3-5-15(14)13-25/h2-7,12,17-19,26H,8-11,13H2,1H3,(H,23,28)/t17-,18+,19+/m0/s1. The Morgan fingerprint density at radius 2 is 1.86 bits per heavy atom. The third-order valence-electron chi connectivity index (χ3n) is 5.98. The summed E-state index contributed by atoms with van der Waals surface area (Å²) in [6.45, 7) is 1.27. The summed E-state index contributed by atoms with van der Waals surface area (Å²) in [4.78, 5) is 38.8. The van der Waals surface area contributed by atoms with Crippen LogP contribution in [-0.4, -0.2) is 45.1 Å². The third-order valence-corrected chi connectivity index (χ3v) is 5.98. The molecule has 0 bridgehead atoms. The highest BCUT2D eigenvalue weighted by atomic mass is 16.3. The van der Waals surface area contributed by atoms with Crippen LogP contribution in [0.3, 0.4) is 0 Å². The number of benzene rings is 1. The summed E-state index contributed by atoms with van der Waals surface area (Å²) in [7, 11) is 1.58. The number of pyridine rings is 1. The zero-order valence-electron chi connectivity index (χ0n) is 16.4. The molecule has 0 spiro atoms. The predicted octanol–water partition coefficient (Wildman–Crippen LogP) is 0.839. The lowest BCUT2D eigenvalue weighted by Crippen LogP contribution is -2.41. The Hall–Kier alpha value is -2.93.